The van der Waals surface area contributed by atoms with E-state index in [0.717, 1.165) is 16.3 Å². The summed E-state index contributed by atoms with van der Waals surface area (Å²) in [4.78, 5) is 13.1. The van der Waals surface area contributed by atoms with Crippen molar-refractivity contribution < 1.29 is 13.2 Å². The smallest absolute Gasteiger partial charge is 0.242 e. The summed E-state index contributed by atoms with van der Waals surface area (Å²) in [6.45, 7) is 0. The lowest BCUT2D eigenvalue weighted by atomic mass is 10.1. The van der Waals surface area contributed by atoms with Crippen LogP contribution >= 0.6 is 0 Å². The van der Waals surface area contributed by atoms with E-state index < -0.39 is 22.0 Å². The van der Waals surface area contributed by atoms with E-state index in [1.807, 2.05) is 60.7 Å². The number of hydrogen-bond donors (Lipinski definition) is 2. The molecule has 5 nitrogen and oxygen atoms in total. The molecule has 4 aromatic rings. The second-order valence-corrected chi connectivity index (χ2v) is 8.94. The van der Waals surface area contributed by atoms with E-state index in [4.69, 9.17) is 0 Å². The van der Waals surface area contributed by atoms with Crippen molar-refractivity contribution in [2.75, 3.05) is 5.32 Å². The van der Waals surface area contributed by atoms with Gasteiger partial charge in [-0.2, -0.15) is 4.72 Å². The van der Waals surface area contributed by atoms with Gasteiger partial charge in [-0.1, -0.05) is 78.9 Å². The number of hydrogen-bond acceptors (Lipinski definition) is 3. The van der Waals surface area contributed by atoms with Gasteiger partial charge in [0.05, 0.1) is 4.90 Å². The number of carbonyl (C=O) groups is 1. The standard InChI is InChI=1S/C25H22N2O3S/c28-25(26-22-13-5-2-6-14-22)24(17-19-9-3-1-4-10-19)27-31(29,30)23-16-15-20-11-7-8-12-21(20)18-23/h1-16,18,24,27H,17H2,(H,26,28). The van der Waals surface area contributed by atoms with Crippen molar-refractivity contribution in [2.24, 2.45) is 0 Å². The normalized spacial score (nSPS) is 12.4. The third kappa shape index (κ3) is 5.17. The highest BCUT2D eigenvalue weighted by Gasteiger charge is 2.26. The van der Waals surface area contributed by atoms with Crippen LogP contribution in [0.1, 0.15) is 5.56 Å². The topological polar surface area (TPSA) is 75.3 Å². The van der Waals surface area contributed by atoms with Crippen LogP contribution in [0.2, 0.25) is 0 Å². The third-order valence-electron chi connectivity index (χ3n) is 4.97. The molecule has 0 radical (unpaired) electrons. The zero-order chi connectivity index (χ0) is 21.7. The predicted molar refractivity (Wildman–Crippen MR) is 123 cm³/mol. The monoisotopic (exact) mass is 430 g/mol. The summed E-state index contributed by atoms with van der Waals surface area (Å²) >= 11 is 0. The summed E-state index contributed by atoms with van der Waals surface area (Å²) in [6, 6.07) is 29.8. The summed E-state index contributed by atoms with van der Waals surface area (Å²) in [5.74, 6) is -0.417. The van der Waals surface area contributed by atoms with Crippen molar-refractivity contribution in [3.63, 3.8) is 0 Å². The molecule has 1 amide bonds. The number of carbonyl (C=O) groups excluding carboxylic acids is 1. The maximum absolute atomic E-state index is 13.1. The van der Waals surface area contributed by atoms with E-state index in [1.165, 1.54) is 0 Å². The number of amides is 1. The van der Waals surface area contributed by atoms with Gasteiger partial charge in [0.2, 0.25) is 15.9 Å². The van der Waals surface area contributed by atoms with Crippen LogP contribution in [-0.2, 0) is 21.2 Å². The van der Waals surface area contributed by atoms with Crippen molar-refractivity contribution in [3.8, 4) is 0 Å². The van der Waals surface area contributed by atoms with Gasteiger partial charge in [0.25, 0.3) is 0 Å². The van der Waals surface area contributed by atoms with Gasteiger partial charge in [-0.05, 0) is 47.0 Å². The Morgan fingerprint density at radius 1 is 0.742 bits per heavy atom. The average Bonchev–Trinajstić information content (AvgIpc) is 2.79. The second-order valence-electron chi connectivity index (χ2n) is 7.23. The van der Waals surface area contributed by atoms with Crippen LogP contribution in [0.4, 0.5) is 5.69 Å². The second kappa shape index (κ2) is 9.12. The van der Waals surface area contributed by atoms with Crippen molar-refractivity contribution in [1.29, 1.82) is 0 Å². The van der Waals surface area contributed by atoms with Gasteiger partial charge >= 0.3 is 0 Å². The van der Waals surface area contributed by atoms with Crippen LogP contribution in [-0.4, -0.2) is 20.4 Å². The zero-order valence-corrected chi connectivity index (χ0v) is 17.5. The predicted octanol–water partition coefficient (Wildman–Crippen LogP) is 4.37. The highest BCUT2D eigenvalue weighted by atomic mass is 32.2. The van der Waals surface area contributed by atoms with Crippen molar-refractivity contribution in [1.82, 2.24) is 4.72 Å². The summed E-state index contributed by atoms with van der Waals surface area (Å²) in [5, 5.41) is 4.57. The summed E-state index contributed by atoms with van der Waals surface area (Å²) < 4.78 is 28.9. The Labute approximate surface area is 181 Å². The molecule has 6 heteroatoms. The molecule has 0 aliphatic heterocycles. The molecule has 0 bridgehead atoms. The number of benzene rings is 4. The van der Waals surface area contributed by atoms with Crippen LogP contribution in [0, 0.1) is 0 Å². The van der Waals surface area contributed by atoms with E-state index in [9.17, 15) is 13.2 Å². The highest BCUT2D eigenvalue weighted by molar-refractivity contribution is 7.89. The first-order valence-electron chi connectivity index (χ1n) is 9.92. The minimum absolute atomic E-state index is 0.122. The number of nitrogens with one attached hydrogen (secondary N) is 2. The number of sulfonamides is 1. The lowest BCUT2D eigenvalue weighted by molar-refractivity contribution is -0.117. The molecule has 4 aromatic carbocycles. The van der Waals surface area contributed by atoms with Gasteiger partial charge in [0, 0.05) is 5.69 Å². The lowest BCUT2D eigenvalue weighted by Crippen LogP contribution is -2.45. The van der Waals surface area contributed by atoms with Gasteiger partial charge < -0.3 is 5.32 Å². The third-order valence-corrected chi connectivity index (χ3v) is 6.44. The zero-order valence-electron chi connectivity index (χ0n) is 16.7. The van der Waals surface area contributed by atoms with Crippen LogP contribution in [0.15, 0.2) is 108 Å². The molecule has 156 valence electrons. The average molecular weight is 431 g/mol. The van der Waals surface area contributed by atoms with Gasteiger partial charge in [0.1, 0.15) is 6.04 Å². The first-order chi connectivity index (χ1) is 15.0. The Balaban J connectivity index is 1.62. The van der Waals surface area contributed by atoms with Crippen LogP contribution < -0.4 is 10.0 Å². The minimum atomic E-state index is -3.92. The molecule has 0 aliphatic carbocycles. The van der Waals surface area contributed by atoms with Crippen molar-refractivity contribution in [2.45, 2.75) is 17.4 Å². The molecule has 0 aromatic heterocycles. The fraction of sp³-hybridized carbons (Fsp3) is 0.0800. The van der Waals surface area contributed by atoms with Gasteiger partial charge in [-0.25, -0.2) is 8.42 Å². The molecule has 1 atom stereocenters. The molecule has 0 spiro atoms. The number of rotatable bonds is 7. The molecule has 0 heterocycles. The van der Waals surface area contributed by atoms with Gasteiger partial charge in [-0.3, -0.25) is 4.79 Å². The highest BCUT2D eigenvalue weighted by Crippen LogP contribution is 2.20. The molecule has 31 heavy (non-hydrogen) atoms. The maximum Gasteiger partial charge on any atom is 0.242 e. The van der Waals surface area contributed by atoms with E-state index in [-0.39, 0.29) is 11.3 Å². The lowest BCUT2D eigenvalue weighted by Gasteiger charge is -2.19. The van der Waals surface area contributed by atoms with E-state index >= 15 is 0 Å². The summed E-state index contributed by atoms with van der Waals surface area (Å²) in [5.41, 5.74) is 1.47. The first-order valence-corrected chi connectivity index (χ1v) is 11.4. The molecule has 2 N–H and O–H groups in total. The SMILES string of the molecule is O=C(Nc1ccccc1)C(Cc1ccccc1)NS(=O)(=O)c1ccc2ccccc2c1. The Morgan fingerprint density at radius 3 is 2.06 bits per heavy atom. The van der Waals surface area contributed by atoms with E-state index in [2.05, 4.69) is 10.0 Å². The fourth-order valence-electron chi connectivity index (χ4n) is 3.38. The van der Waals surface area contributed by atoms with Crippen LogP contribution in [0.5, 0.6) is 0 Å². The summed E-state index contributed by atoms with van der Waals surface area (Å²) in [6.07, 6.45) is 0.228. The Hall–Kier alpha value is -3.48. The summed E-state index contributed by atoms with van der Waals surface area (Å²) in [7, 11) is -3.92. The number of fused-ring (bicyclic) bond motifs is 1. The first kappa shape index (κ1) is 20.8. The Morgan fingerprint density at radius 2 is 1.35 bits per heavy atom. The Kier molecular flexibility index (Phi) is 6.11. The molecule has 4 rings (SSSR count). The minimum Gasteiger partial charge on any atom is -0.325 e. The van der Waals surface area contributed by atoms with Crippen LogP contribution in [0.3, 0.4) is 0 Å². The molecule has 0 saturated heterocycles. The molecule has 0 saturated carbocycles. The van der Waals surface area contributed by atoms with Gasteiger partial charge in [-0.15, -0.1) is 0 Å². The van der Waals surface area contributed by atoms with Crippen molar-refractivity contribution in [3.05, 3.63) is 109 Å². The number of para-hydroxylation sites is 1. The maximum atomic E-state index is 13.1. The number of anilines is 1. The molecular weight excluding hydrogens is 408 g/mol. The van der Waals surface area contributed by atoms with E-state index in [0.29, 0.717) is 5.69 Å². The molecule has 0 aliphatic rings. The van der Waals surface area contributed by atoms with Crippen molar-refractivity contribution >= 4 is 32.4 Å². The molecule has 1 unspecified atom stereocenters. The largest absolute Gasteiger partial charge is 0.325 e. The quantitative estimate of drug-likeness (QED) is 0.457. The Bertz CT molecular complexity index is 1290. The van der Waals surface area contributed by atoms with Gasteiger partial charge in [0.15, 0.2) is 0 Å². The molecular formula is C25H22N2O3S. The van der Waals surface area contributed by atoms with Crippen LogP contribution in [0.25, 0.3) is 10.8 Å². The fourth-order valence-corrected chi connectivity index (χ4v) is 4.61. The van der Waals surface area contributed by atoms with E-state index in [1.54, 1.807) is 42.5 Å². The molecule has 0 fully saturated rings.